The van der Waals surface area contributed by atoms with Gasteiger partial charge in [-0.05, 0) is 78.2 Å². The third kappa shape index (κ3) is 7.46. The molecule has 31 heavy (non-hydrogen) atoms. The Bertz CT molecular complexity index is 795. The quantitative estimate of drug-likeness (QED) is 0.308. The summed E-state index contributed by atoms with van der Waals surface area (Å²) in [6, 6.07) is 0. The van der Waals surface area contributed by atoms with Gasteiger partial charge in [-0.1, -0.05) is 58.3 Å². The van der Waals surface area contributed by atoms with Crippen molar-refractivity contribution in [3.05, 3.63) is 0 Å². The minimum Gasteiger partial charge on any atom is -0.312 e. The molecule has 4 atom stereocenters. The highest BCUT2D eigenvalue weighted by molar-refractivity contribution is 8.14. The maximum absolute atomic E-state index is 6.96. The lowest BCUT2D eigenvalue weighted by molar-refractivity contribution is 0.0861. The van der Waals surface area contributed by atoms with Gasteiger partial charge in [-0.15, -0.1) is 0 Å². The van der Waals surface area contributed by atoms with E-state index in [4.69, 9.17) is 51.8 Å². The first-order chi connectivity index (χ1) is 14.8. The van der Waals surface area contributed by atoms with Crippen molar-refractivity contribution < 1.29 is 13.6 Å². The number of hydrogen-bond acceptors (Lipinski definition) is 6. The molecule has 12 heteroatoms. The van der Waals surface area contributed by atoms with Gasteiger partial charge in [0, 0.05) is 0 Å². The third-order valence-electron chi connectivity index (χ3n) is 6.51. The van der Waals surface area contributed by atoms with Crippen LogP contribution < -0.4 is 0 Å². The van der Waals surface area contributed by atoms with Crippen LogP contribution in [0, 0.1) is 5.92 Å². The van der Waals surface area contributed by atoms with E-state index in [0.717, 1.165) is 70.6 Å². The van der Waals surface area contributed by atoms with Crippen LogP contribution in [0.25, 0.3) is 0 Å². The van der Waals surface area contributed by atoms with Crippen molar-refractivity contribution in [2.45, 2.75) is 115 Å². The molecule has 1 aliphatic heterocycles. The maximum Gasteiger partial charge on any atom is 0.346 e. The van der Waals surface area contributed by atoms with E-state index in [1.165, 1.54) is 19.3 Å². The van der Waals surface area contributed by atoms with E-state index < -0.39 is 20.4 Å². The number of nitrogens with zero attached hydrogens (tertiary/aromatic N) is 3. The van der Waals surface area contributed by atoms with E-state index >= 15 is 0 Å². The van der Waals surface area contributed by atoms with Gasteiger partial charge in [0.25, 0.3) is 5.91 Å². The summed E-state index contributed by atoms with van der Waals surface area (Å²) in [6.07, 6.45) is 15.2. The summed E-state index contributed by atoms with van der Waals surface area (Å²) in [4.78, 5) is 0. The molecule has 0 bridgehead atoms. The van der Waals surface area contributed by atoms with Gasteiger partial charge < -0.3 is 13.6 Å². The zero-order valence-electron chi connectivity index (χ0n) is 18.3. The molecule has 0 N–H and O–H groups in total. The van der Waals surface area contributed by atoms with Crippen LogP contribution in [0.2, 0.25) is 0 Å². The molecular weight excluding hydrogens is 518 g/mol. The lowest BCUT2D eigenvalue weighted by Crippen LogP contribution is -2.23. The zero-order valence-corrected chi connectivity index (χ0v) is 23.2. The van der Waals surface area contributed by atoms with Crippen LogP contribution in [0.3, 0.4) is 0 Å². The molecule has 1 heterocycles. The Kier molecular flexibility index (Phi) is 9.07. The largest absolute Gasteiger partial charge is 0.346 e. The second-order valence-electron chi connectivity index (χ2n) is 9.42. The number of hydrogen-bond donors (Lipinski definition) is 0. The van der Waals surface area contributed by atoms with Gasteiger partial charge in [0.1, 0.15) is 0 Å². The van der Waals surface area contributed by atoms with Crippen LogP contribution in [0.5, 0.6) is 0 Å². The van der Waals surface area contributed by atoms with Crippen molar-refractivity contribution in [1.82, 2.24) is 0 Å². The predicted octanol–water partition coefficient (Wildman–Crippen LogP) is 10.8. The average Bonchev–Trinajstić information content (AvgIpc) is 2.67. The monoisotopic (exact) mass is 551 g/mol. The van der Waals surface area contributed by atoms with Gasteiger partial charge in [0.15, 0.2) is 0 Å². The lowest BCUT2D eigenvalue weighted by atomic mass is 9.89. The molecule has 180 valence electrons. The number of rotatable bonds is 6. The minimum absolute atomic E-state index is 0.0272. The highest BCUT2D eigenvalue weighted by Crippen LogP contribution is 2.85. The topological polar surface area (TPSA) is 64.8 Å². The summed E-state index contributed by atoms with van der Waals surface area (Å²) in [5.41, 5.74) is 0. The summed E-state index contributed by atoms with van der Waals surface area (Å²) in [7, 11) is -3.13. The van der Waals surface area contributed by atoms with Crippen molar-refractivity contribution in [2.24, 2.45) is 19.5 Å². The van der Waals surface area contributed by atoms with Crippen LogP contribution >= 0.6 is 54.1 Å². The standard InChI is InChI=1S/C19H35Cl3N3O3P3/c1-16-9-8-14-19(15-16)28-31(27-18-12-6-3-7-13-18)24-29(20,21)23-30(22,25-31)26-17-10-4-2-5-11-17/h16-19H,2-15H2,1H3. The van der Waals surface area contributed by atoms with Gasteiger partial charge in [-0.3, -0.25) is 0 Å². The van der Waals surface area contributed by atoms with E-state index in [0.29, 0.717) is 5.92 Å². The summed E-state index contributed by atoms with van der Waals surface area (Å²) >= 11 is 20.2. The molecule has 0 saturated heterocycles. The van der Waals surface area contributed by atoms with Gasteiger partial charge in [0.05, 0.1) is 18.3 Å². The Morgan fingerprint density at radius 2 is 1.16 bits per heavy atom. The Hall–Kier alpha value is 1.44. The summed E-state index contributed by atoms with van der Waals surface area (Å²) in [5, 5.41) is 0. The summed E-state index contributed by atoms with van der Waals surface area (Å²) in [6.45, 7) is -0.850. The molecule has 0 amide bonds. The third-order valence-corrected chi connectivity index (χ3v) is 17.4. The normalized spacial score (nSPS) is 39.9. The molecule has 3 fully saturated rings. The van der Waals surface area contributed by atoms with Crippen molar-refractivity contribution in [1.29, 1.82) is 0 Å². The molecule has 6 nitrogen and oxygen atoms in total. The molecule has 4 aliphatic rings. The van der Waals surface area contributed by atoms with Crippen LogP contribution in [0.1, 0.15) is 96.8 Å². The highest BCUT2D eigenvalue weighted by atomic mass is 35.9. The summed E-state index contributed by atoms with van der Waals surface area (Å²) in [5.74, 6) is -2.50. The maximum atomic E-state index is 6.96. The van der Waals surface area contributed by atoms with E-state index in [9.17, 15) is 0 Å². The van der Waals surface area contributed by atoms with Crippen LogP contribution in [-0.4, -0.2) is 18.3 Å². The second kappa shape index (κ2) is 11.0. The Morgan fingerprint density at radius 1 is 0.613 bits per heavy atom. The van der Waals surface area contributed by atoms with Crippen LogP contribution in [0.15, 0.2) is 13.5 Å². The Labute approximate surface area is 201 Å². The minimum atomic E-state index is -3.13. The molecular formula is C19H35Cl3N3O3P3. The first-order valence-electron chi connectivity index (χ1n) is 11.8. The van der Waals surface area contributed by atoms with E-state index in [1.807, 2.05) is 0 Å². The highest BCUT2D eigenvalue weighted by Gasteiger charge is 2.42. The fourth-order valence-corrected chi connectivity index (χ4v) is 18.3. The predicted molar refractivity (Wildman–Crippen MR) is 134 cm³/mol. The van der Waals surface area contributed by atoms with Gasteiger partial charge >= 0.3 is 14.4 Å². The molecule has 3 saturated carbocycles. The molecule has 3 aliphatic carbocycles. The first kappa shape index (κ1) is 25.5. The average molecular weight is 553 g/mol. The van der Waals surface area contributed by atoms with Crippen molar-refractivity contribution in [2.75, 3.05) is 0 Å². The molecule has 0 aromatic rings. The van der Waals surface area contributed by atoms with Crippen molar-refractivity contribution >= 4 is 54.1 Å². The van der Waals surface area contributed by atoms with Crippen molar-refractivity contribution in [3.63, 3.8) is 0 Å². The molecule has 0 spiro atoms. The Balaban J connectivity index is 1.67. The first-order valence-corrected chi connectivity index (χ1v) is 19.4. The smallest absolute Gasteiger partial charge is 0.312 e. The molecule has 4 unspecified atom stereocenters. The van der Waals surface area contributed by atoms with Gasteiger partial charge in [-0.2, -0.15) is 13.5 Å². The van der Waals surface area contributed by atoms with E-state index in [2.05, 4.69) is 16.0 Å². The van der Waals surface area contributed by atoms with Crippen LogP contribution in [-0.2, 0) is 13.6 Å². The second-order valence-corrected chi connectivity index (χ2v) is 19.7. The molecule has 0 aromatic heterocycles. The fraction of sp³-hybridized carbons (Fsp3) is 1.00. The van der Waals surface area contributed by atoms with E-state index in [1.54, 1.807) is 0 Å². The molecule has 4 rings (SSSR count). The fourth-order valence-electron chi connectivity index (χ4n) is 5.01. The molecule has 0 radical (unpaired) electrons. The van der Waals surface area contributed by atoms with Gasteiger partial charge in [-0.25, -0.2) is 0 Å². The van der Waals surface area contributed by atoms with Crippen molar-refractivity contribution in [3.8, 4) is 0 Å². The van der Waals surface area contributed by atoms with Gasteiger partial charge in [0.2, 0.25) is 0 Å². The van der Waals surface area contributed by atoms with Crippen LogP contribution in [0.4, 0.5) is 0 Å². The lowest BCUT2D eigenvalue weighted by Gasteiger charge is -2.36. The SMILES string of the molecule is CC1CCCC(OP2(OC3CCCCC3)=NP(Cl)(OC3CCCCC3)=NP(Cl)(Cl)=N2)C1. The zero-order chi connectivity index (χ0) is 22.0. The summed E-state index contributed by atoms with van der Waals surface area (Å²) < 4.78 is 33.6. The Morgan fingerprint density at radius 3 is 1.77 bits per heavy atom. The number of halogens is 3. The van der Waals surface area contributed by atoms with E-state index in [-0.39, 0.29) is 18.3 Å². The molecule has 0 aromatic carbocycles.